The summed E-state index contributed by atoms with van der Waals surface area (Å²) in [7, 11) is -3.75. The number of nitrogens with one attached hydrogen (secondary N) is 1. The fraction of sp³-hybridized carbons (Fsp3) is 0.318. The average Bonchev–Trinajstić information content (AvgIpc) is 2.79. The monoisotopic (exact) mass is 459 g/mol. The number of carbonyl (C=O) groups is 3. The van der Waals surface area contributed by atoms with Crippen molar-refractivity contribution in [3.05, 3.63) is 59.7 Å². The fourth-order valence-electron chi connectivity index (χ4n) is 3.27. The Kier molecular flexibility index (Phi) is 7.26. The number of nitrogens with zero attached hydrogens (tertiary/aromatic N) is 2. The molecule has 2 aromatic rings. The van der Waals surface area contributed by atoms with Crippen LogP contribution in [0.5, 0.6) is 0 Å². The summed E-state index contributed by atoms with van der Waals surface area (Å²) in [6.45, 7) is 4.24. The molecule has 2 amide bonds. The molecule has 1 N–H and O–H groups in total. The lowest BCUT2D eigenvalue weighted by Crippen LogP contribution is -2.50. The van der Waals surface area contributed by atoms with Gasteiger partial charge in [-0.2, -0.15) is 4.31 Å². The first-order valence-electron chi connectivity index (χ1n) is 10.2. The van der Waals surface area contributed by atoms with Gasteiger partial charge >= 0.3 is 6.09 Å². The molecule has 0 saturated carbocycles. The summed E-state index contributed by atoms with van der Waals surface area (Å²) in [6.07, 6.45) is -0.450. The van der Waals surface area contributed by atoms with E-state index in [1.807, 2.05) is 0 Å². The predicted molar refractivity (Wildman–Crippen MR) is 118 cm³/mol. The zero-order valence-corrected chi connectivity index (χ0v) is 18.7. The molecule has 0 spiro atoms. The van der Waals surface area contributed by atoms with Gasteiger partial charge in [0.25, 0.3) is 5.91 Å². The molecular weight excluding hydrogens is 434 g/mol. The van der Waals surface area contributed by atoms with E-state index in [1.165, 1.54) is 40.4 Å². The molecule has 9 nitrogen and oxygen atoms in total. The summed E-state index contributed by atoms with van der Waals surface area (Å²) < 4.78 is 32.1. The number of sulfonamides is 1. The quantitative estimate of drug-likeness (QED) is 0.665. The van der Waals surface area contributed by atoms with E-state index < -0.39 is 22.0 Å². The molecule has 1 saturated heterocycles. The van der Waals surface area contributed by atoms with Gasteiger partial charge in [0.05, 0.1) is 11.5 Å². The molecule has 170 valence electrons. The molecule has 0 aromatic heterocycles. The number of Topliss-reactive ketones (excluding diaryl/α,β-unsaturated/α-hetero) is 1. The van der Waals surface area contributed by atoms with Crippen molar-refractivity contribution in [2.24, 2.45) is 0 Å². The zero-order chi connectivity index (χ0) is 23.3. The number of hydrogen-bond acceptors (Lipinski definition) is 6. The third-order valence-corrected chi connectivity index (χ3v) is 6.96. The summed E-state index contributed by atoms with van der Waals surface area (Å²) in [6, 6.07) is 12.2. The summed E-state index contributed by atoms with van der Waals surface area (Å²) in [4.78, 5) is 37.3. The Labute approximate surface area is 187 Å². The van der Waals surface area contributed by atoms with Crippen molar-refractivity contribution in [1.29, 1.82) is 0 Å². The SMILES string of the molecule is CCOC(=O)N1CCN(S(=O)(=O)c2ccc(C(=O)Nc3cccc(C(C)=O)c3)cc2)CC1. The van der Waals surface area contributed by atoms with E-state index in [9.17, 15) is 22.8 Å². The van der Waals surface area contributed by atoms with Crippen LogP contribution in [0.2, 0.25) is 0 Å². The minimum absolute atomic E-state index is 0.0669. The fourth-order valence-corrected chi connectivity index (χ4v) is 4.69. The highest BCUT2D eigenvalue weighted by Gasteiger charge is 2.30. The topological polar surface area (TPSA) is 113 Å². The lowest BCUT2D eigenvalue weighted by atomic mass is 10.1. The molecule has 1 fully saturated rings. The molecule has 1 heterocycles. The lowest BCUT2D eigenvalue weighted by molar-refractivity contribution is 0.0933. The van der Waals surface area contributed by atoms with Crippen LogP contribution in [0, 0.1) is 0 Å². The van der Waals surface area contributed by atoms with Crippen LogP contribution < -0.4 is 5.32 Å². The number of piperazine rings is 1. The second-order valence-corrected chi connectivity index (χ2v) is 9.14. The van der Waals surface area contributed by atoms with Gasteiger partial charge < -0.3 is 15.0 Å². The maximum absolute atomic E-state index is 12.9. The maximum atomic E-state index is 12.9. The normalized spacial score (nSPS) is 14.6. The van der Waals surface area contributed by atoms with Crippen LogP contribution in [0.3, 0.4) is 0 Å². The molecular formula is C22H25N3O6S. The summed E-state index contributed by atoms with van der Waals surface area (Å²) in [5, 5.41) is 2.70. The van der Waals surface area contributed by atoms with Gasteiger partial charge in [-0.1, -0.05) is 12.1 Å². The Morgan fingerprint density at radius 2 is 1.62 bits per heavy atom. The van der Waals surface area contributed by atoms with E-state index in [2.05, 4.69) is 5.32 Å². The molecule has 1 aliphatic heterocycles. The van der Waals surface area contributed by atoms with Crippen molar-refractivity contribution in [2.45, 2.75) is 18.7 Å². The molecule has 0 atom stereocenters. The molecule has 0 bridgehead atoms. The van der Waals surface area contributed by atoms with Crippen molar-refractivity contribution in [2.75, 3.05) is 38.1 Å². The van der Waals surface area contributed by atoms with Crippen molar-refractivity contribution in [3.63, 3.8) is 0 Å². The van der Waals surface area contributed by atoms with Crippen LogP contribution in [0.1, 0.15) is 34.6 Å². The van der Waals surface area contributed by atoms with Gasteiger partial charge in [-0.25, -0.2) is 13.2 Å². The Morgan fingerprint density at radius 3 is 2.22 bits per heavy atom. The number of ketones is 1. The van der Waals surface area contributed by atoms with Crippen molar-refractivity contribution < 1.29 is 27.5 Å². The molecule has 2 aromatic carbocycles. The van der Waals surface area contributed by atoms with Crippen molar-refractivity contribution in [3.8, 4) is 0 Å². The van der Waals surface area contributed by atoms with Crippen LogP contribution in [0.4, 0.5) is 10.5 Å². The Morgan fingerprint density at radius 1 is 0.969 bits per heavy atom. The lowest BCUT2D eigenvalue weighted by Gasteiger charge is -2.33. The molecule has 1 aliphatic rings. The summed E-state index contributed by atoms with van der Waals surface area (Å²) in [5.41, 5.74) is 1.23. The van der Waals surface area contributed by atoms with Gasteiger partial charge in [0.1, 0.15) is 0 Å². The maximum Gasteiger partial charge on any atom is 0.409 e. The van der Waals surface area contributed by atoms with Crippen LogP contribution in [-0.2, 0) is 14.8 Å². The van der Waals surface area contributed by atoms with Crippen molar-refractivity contribution >= 4 is 33.5 Å². The first-order chi connectivity index (χ1) is 15.2. The van der Waals surface area contributed by atoms with Crippen LogP contribution in [0.15, 0.2) is 53.4 Å². The van der Waals surface area contributed by atoms with E-state index in [4.69, 9.17) is 4.74 Å². The van der Waals surface area contributed by atoms with E-state index >= 15 is 0 Å². The highest BCUT2D eigenvalue weighted by molar-refractivity contribution is 7.89. The highest BCUT2D eigenvalue weighted by Crippen LogP contribution is 2.20. The third-order valence-electron chi connectivity index (χ3n) is 5.05. The van der Waals surface area contributed by atoms with Gasteiger partial charge in [-0.15, -0.1) is 0 Å². The number of hydrogen-bond donors (Lipinski definition) is 1. The number of benzene rings is 2. The number of rotatable bonds is 6. The van der Waals surface area contributed by atoms with E-state index in [0.717, 1.165) is 0 Å². The number of anilines is 1. The Bertz CT molecular complexity index is 1110. The Hall–Kier alpha value is -3.24. The van der Waals surface area contributed by atoms with Gasteiger partial charge in [-0.3, -0.25) is 9.59 Å². The average molecular weight is 460 g/mol. The minimum Gasteiger partial charge on any atom is -0.450 e. The third kappa shape index (κ3) is 5.32. The second-order valence-electron chi connectivity index (χ2n) is 7.21. The molecule has 0 unspecified atom stereocenters. The molecule has 0 radical (unpaired) electrons. The van der Waals surface area contributed by atoms with E-state index in [-0.39, 0.29) is 49.0 Å². The van der Waals surface area contributed by atoms with Gasteiger partial charge in [0.15, 0.2) is 5.78 Å². The largest absolute Gasteiger partial charge is 0.450 e. The van der Waals surface area contributed by atoms with Crippen LogP contribution in [-0.4, -0.2) is 68.2 Å². The molecule has 3 rings (SSSR count). The van der Waals surface area contributed by atoms with Crippen LogP contribution >= 0.6 is 0 Å². The van der Waals surface area contributed by atoms with Gasteiger partial charge in [0.2, 0.25) is 10.0 Å². The minimum atomic E-state index is -3.75. The van der Waals surface area contributed by atoms with Gasteiger partial charge in [0, 0.05) is 43.0 Å². The molecule has 32 heavy (non-hydrogen) atoms. The highest BCUT2D eigenvalue weighted by atomic mass is 32.2. The standard InChI is InChI=1S/C22H25N3O6S/c1-3-31-22(28)24-11-13-25(14-12-24)32(29,30)20-9-7-17(8-10-20)21(27)23-19-6-4-5-18(15-19)16(2)26/h4-10,15H,3,11-14H2,1-2H3,(H,23,27). The van der Waals surface area contributed by atoms with Crippen LogP contribution in [0.25, 0.3) is 0 Å². The number of ether oxygens (including phenoxy) is 1. The molecule has 10 heteroatoms. The first-order valence-corrected chi connectivity index (χ1v) is 11.6. The smallest absolute Gasteiger partial charge is 0.409 e. The van der Waals surface area contributed by atoms with Crippen molar-refractivity contribution in [1.82, 2.24) is 9.21 Å². The molecule has 0 aliphatic carbocycles. The number of amides is 2. The summed E-state index contributed by atoms with van der Waals surface area (Å²) >= 11 is 0. The number of carbonyl (C=O) groups excluding carboxylic acids is 3. The summed E-state index contributed by atoms with van der Waals surface area (Å²) in [5.74, 6) is -0.531. The van der Waals surface area contributed by atoms with E-state index in [1.54, 1.807) is 31.2 Å². The second kappa shape index (κ2) is 9.92. The first kappa shape index (κ1) is 23.4. The van der Waals surface area contributed by atoms with E-state index in [0.29, 0.717) is 11.3 Å². The Balaban J connectivity index is 1.65. The predicted octanol–water partition coefficient (Wildman–Crippen LogP) is 2.60. The zero-order valence-electron chi connectivity index (χ0n) is 17.9. The van der Waals surface area contributed by atoms with Gasteiger partial charge in [-0.05, 0) is 50.2 Å².